The fraction of sp³-hybridized carbons (Fsp3) is 0.143. The maximum Gasteiger partial charge on any atom is 0.321 e. The fourth-order valence-corrected chi connectivity index (χ4v) is 2.87. The summed E-state index contributed by atoms with van der Waals surface area (Å²) in [6.07, 6.45) is 0. The molecule has 2 aromatic rings. The minimum Gasteiger partial charge on any atom is -0.333 e. The van der Waals surface area contributed by atoms with E-state index in [1.807, 2.05) is 17.5 Å². The van der Waals surface area contributed by atoms with Gasteiger partial charge in [-0.05, 0) is 29.6 Å². The highest BCUT2D eigenvalue weighted by atomic mass is 32.2. The van der Waals surface area contributed by atoms with Crippen LogP contribution in [0.4, 0.5) is 13.6 Å². The molecule has 0 saturated carbocycles. The Labute approximate surface area is 133 Å². The Morgan fingerprint density at radius 2 is 2.00 bits per heavy atom. The number of thiophene rings is 1. The summed E-state index contributed by atoms with van der Waals surface area (Å²) < 4.78 is 25.8. The van der Waals surface area contributed by atoms with Gasteiger partial charge in [-0.25, -0.2) is 13.6 Å². The molecule has 1 aromatic heterocycles. The zero-order valence-corrected chi connectivity index (χ0v) is 12.9. The van der Waals surface area contributed by atoms with Crippen molar-refractivity contribution in [2.24, 2.45) is 0 Å². The molecule has 0 aliphatic heterocycles. The number of halogens is 2. The van der Waals surface area contributed by atoms with Gasteiger partial charge in [0.2, 0.25) is 5.91 Å². The number of urea groups is 1. The zero-order chi connectivity index (χ0) is 15.9. The molecule has 0 spiro atoms. The second kappa shape index (κ2) is 7.90. The minimum atomic E-state index is -0.973. The van der Waals surface area contributed by atoms with Crippen molar-refractivity contribution in [2.45, 2.75) is 11.4 Å². The van der Waals surface area contributed by atoms with E-state index in [0.717, 1.165) is 28.8 Å². The van der Waals surface area contributed by atoms with Crippen LogP contribution in [-0.2, 0) is 11.3 Å². The average molecular weight is 342 g/mol. The van der Waals surface area contributed by atoms with Crippen molar-refractivity contribution < 1.29 is 18.4 Å². The lowest BCUT2D eigenvalue weighted by Gasteiger charge is -2.06. The molecule has 0 saturated heterocycles. The first-order valence-corrected chi connectivity index (χ1v) is 8.09. The predicted octanol–water partition coefficient (Wildman–Crippen LogP) is 3.14. The van der Waals surface area contributed by atoms with Crippen LogP contribution in [-0.4, -0.2) is 17.7 Å². The van der Waals surface area contributed by atoms with E-state index in [1.54, 1.807) is 0 Å². The van der Waals surface area contributed by atoms with Gasteiger partial charge in [-0.1, -0.05) is 6.07 Å². The molecule has 0 fully saturated rings. The summed E-state index contributed by atoms with van der Waals surface area (Å²) in [6, 6.07) is 6.50. The first-order chi connectivity index (χ1) is 10.5. The fourth-order valence-electron chi connectivity index (χ4n) is 1.50. The van der Waals surface area contributed by atoms with Crippen LogP contribution >= 0.6 is 23.1 Å². The summed E-state index contributed by atoms with van der Waals surface area (Å²) in [4.78, 5) is 24.5. The highest BCUT2D eigenvalue weighted by Crippen LogP contribution is 2.19. The van der Waals surface area contributed by atoms with Crippen LogP contribution in [0.2, 0.25) is 0 Å². The molecule has 1 heterocycles. The van der Waals surface area contributed by atoms with Gasteiger partial charge in [-0.2, -0.15) is 0 Å². The number of imide groups is 1. The van der Waals surface area contributed by atoms with Gasteiger partial charge < -0.3 is 5.32 Å². The van der Waals surface area contributed by atoms with Crippen molar-refractivity contribution in [3.05, 3.63) is 52.2 Å². The van der Waals surface area contributed by atoms with E-state index < -0.39 is 23.6 Å². The molecule has 0 radical (unpaired) electrons. The van der Waals surface area contributed by atoms with Gasteiger partial charge in [0, 0.05) is 9.77 Å². The van der Waals surface area contributed by atoms with Gasteiger partial charge in [-0.15, -0.1) is 23.1 Å². The Morgan fingerprint density at radius 3 is 2.68 bits per heavy atom. The number of benzene rings is 1. The van der Waals surface area contributed by atoms with Crippen LogP contribution in [0, 0.1) is 11.6 Å². The third-order valence-electron chi connectivity index (χ3n) is 2.52. The van der Waals surface area contributed by atoms with E-state index in [1.165, 1.54) is 17.4 Å². The summed E-state index contributed by atoms with van der Waals surface area (Å²) in [6.45, 7) is 0.340. The molecule has 0 unspecified atom stereocenters. The van der Waals surface area contributed by atoms with Crippen molar-refractivity contribution in [1.29, 1.82) is 0 Å². The van der Waals surface area contributed by atoms with Crippen molar-refractivity contribution in [3.8, 4) is 0 Å². The van der Waals surface area contributed by atoms with Gasteiger partial charge in [0.15, 0.2) is 11.6 Å². The Kier molecular flexibility index (Phi) is 5.91. The van der Waals surface area contributed by atoms with Crippen molar-refractivity contribution in [1.82, 2.24) is 10.6 Å². The maximum atomic E-state index is 13.0. The van der Waals surface area contributed by atoms with E-state index in [2.05, 4.69) is 10.6 Å². The van der Waals surface area contributed by atoms with Crippen LogP contribution in [0.15, 0.2) is 40.6 Å². The molecule has 2 N–H and O–H groups in total. The summed E-state index contributed by atoms with van der Waals surface area (Å²) >= 11 is 2.51. The van der Waals surface area contributed by atoms with E-state index in [-0.39, 0.29) is 5.75 Å². The lowest BCUT2D eigenvalue weighted by Crippen LogP contribution is -2.39. The highest BCUT2D eigenvalue weighted by molar-refractivity contribution is 8.00. The normalized spacial score (nSPS) is 10.3. The van der Waals surface area contributed by atoms with Gasteiger partial charge >= 0.3 is 6.03 Å². The number of nitrogens with one attached hydrogen (secondary N) is 2. The number of carbonyl (C=O) groups is 2. The van der Waals surface area contributed by atoms with E-state index in [9.17, 15) is 18.4 Å². The monoisotopic (exact) mass is 342 g/mol. The second-order valence-corrected chi connectivity index (χ2v) is 6.26. The van der Waals surface area contributed by atoms with Crippen LogP contribution in [0.25, 0.3) is 0 Å². The van der Waals surface area contributed by atoms with Crippen molar-refractivity contribution in [2.75, 3.05) is 5.75 Å². The number of amides is 3. The average Bonchev–Trinajstić information content (AvgIpc) is 3.00. The van der Waals surface area contributed by atoms with Crippen LogP contribution < -0.4 is 10.6 Å². The van der Waals surface area contributed by atoms with Crippen LogP contribution in [0.3, 0.4) is 0 Å². The van der Waals surface area contributed by atoms with Crippen molar-refractivity contribution in [3.63, 3.8) is 0 Å². The topological polar surface area (TPSA) is 58.2 Å². The van der Waals surface area contributed by atoms with E-state index in [4.69, 9.17) is 0 Å². The second-order valence-electron chi connectivity index (χ2n) is 4.17. The van der Waals surface area contributed by atoms with Gasteiger partial charge in [0.25, 0.3) is 0 Å². The van der Waals surface area contributed by atoms with Gasteiger partial charge in [0.05, 0.1) is 12.3 Å². The molecule has 22 heavy (non-hydrogen) atoms. The largest absolute Gasteiger partial charge is 0.333 e. The summed E-state index contributed by atoms with van der Waals surface area (Å²) in [7, 11) is 0. The summed E-state index contributed by atoms with van der Waals surface area (Å²) in [5, 5.41) is 6.60. The molecule has 0 bridgehead atoms. The summed E-state index contributed by atoms with van der Waals surface area (Å²) in [5.74, 6) is -2.50. The molecule has 4 nitrogen and oxygen atoms in total. The SMILES string of the molecule is O=C(CSc1ccc(F)c(F)c1)NC(=O)NCc1cccs1. The van der Waals surface area contributed by atoms with Crippen molar-refractivity contribution >= 4 is 35.0 Å². The number of hydrogen-bond donors (Lipinski definition) is 2. The molecule has 3 amide bonds. The predicted molar refractivity (Wildman–Crippen MR) is 81.8 cm³/mol. The Hall–Kier alpha value is -1.93. The molecule has 1 aromatic carbocycles. The standard InChI is InChI=1S/C14H12F2N2O2S2/c15-11-4-3-9(6-12(11)16)22-8-13(19)18-14(20)17-7-10-2-1-5-21-10/h1-6H,7-8H2,(H2,17,18,19,20). The molecule has 2 rings (SSSR count). The zero-order valence-electron chi connectivity index (χ0n) is 11.3. The molecule has 0 aliphatic carbocycles. The maximum absolute atomic E-state index is 13.0. The molecule has 0 atom stereocenters. The van der Waals surface area contributed by atoms with Gasteiger partial charge in [0.1, 0.15) is 0 Å². The highest BCUT2D eigenvalue weighted by Gasteiger charge is 2.09. The first kappa shape index (κ1) is 16.4. The van der Waals surface area contributed by atoms with E-state index in [0.29, 0.717) is 11.4 Å². The Balaban J connectivity index is 1.72. The molecule has 116 valence electrons. The minimum absolute atomic E-state index is 0.0719. The van der Waals surface area contributed by atoms with E-state index >= 15 is 0 Å². The third kappa shape index (κ3) is 5.12. The molecular weight excluding hydrogens is 330 g/mol. The lowest BCUT2D eigenvalue weighted by molar-refractivity contribution is -0.117. The summed E-state index contributed by atoms with van der Waals surface area (Å²) in [5.41, 5.74) is 0. The smallest absolute Gasteiger partial charge is 0.321 e. The Morgan fingerprint density at radius 1 is 1.18 bits per heavy atom. The lowest BCUT2D eigenvalue weighted by atomic mass is 10.3. The number of hydrogen-bond acceptors (Lipinski definition) is 4. The number of rotatable bonds is 5. The number of carbonyl (C=O) groups excluding carboxylic acids is 2. The molecular formula is C14H12F2N2O2S2. The van der Waals surface area contributed by atoms with Gasteiger partial charge in [-0.3, -0.25) is 10.1 Å². The third-order valence-corrected chi connectivity index (χ3v) is 4.39. The van der Waals surface area contributed by atoms with Crippen LogP contribution in [0.5, 0.6) is 0 Å². The van der Waals surface area contributed by atoms with Crippen LogP contribution in [0.1, 0.15) is 4.88 Å². The molecule has 8 heteroatoms. The molecule has 0 aliphatic rings. The Bertz CT molecular complexity index is 663. The number of thioether (sulfide) groups is 1. The quantitative estimate of drug-likeness (QED) is 0.821. The first-order valence-electron chi connectivity index (χ1n) is 6.22.